The molecule has 150 valence electrons. The summed E-state index contributed by atoms with van der Waals surface area (Å²) in [7, 11) is 0. The van der Waals surface area contributed by atoms with Gasteiger partial charge >= 0.3 is 12.6 Å². The van der Waals surface area contributed by atoms with E-state index in [9.17, 15) is 22.8 Å². The van der Waals surface area contributed by atoms with Gasteiger partial charge in [0.1, 0.15) is 17.2 Å². The Kier molecular flexibility index (Phi) is 4.52. The van der Waals surface area contributed by atoms with Crippen molar-refractivity contribution in [2.45, 2.75) is 32.0 Å². The van der Waals surface area contributed by atoms with Gasteiger partial charge in [-0.3, -0.25) is 14.3 Å². The third-order valence-corrected chi connectivity index (χ3v) is 5.21. The fourth-order valence-electron chi connectivity index (χ4n) is 3.71. The molecule has 1 aliphatic rings. The van der Waals surface area contributed by atoms with Gasteiger partial charge in [-0.1, -0.05) is 31.2 Å². The van der Waals surface area contributed by atoms with Crippen molar-refractivity contribution < 1.29 is 22.8 Å². The minimum Gasteiger partial charge on any atom is -0.319 e. The van der Waals surface area contributed by atoms with Crippen molar-refractivity contribution in [2.24, 2.45) is 0 Å². The maximum Gasteiger partial charge on any atom is 0.325 e. The van der Waals surface area contributed by atoms with E-state index >= 15 is 0 Å². The van der Waals surface area contributed by atoms with E-state index in [1.54, 1.807) is 25.1 Å². The summed E-state index contributed by atoms with van der Waals surface area (Å²) < 4.78 is 41.3. The van der Waals surface area contributed by atoms with Gasteiger partial charge in [0.15, 0.2) is 0 Å². The van der Waals surface area contributed by atoms with Crippen LogP contribution in [0.1, 0.15) is 31.3 Å². The number of alkyl halides is 2. The molecule has 0 spiro atoms. The van der Waals surface area contributed by atoms with Crippen molar-refractivity contribution in [2.75, 3.05) is 0 Å². The van der Waals surface area contributed by atoms with Crippen molar-refractivity contribution in [3.8, 4) is 0 Å². The molecule has 2 heterocycles. The van der Waals surface area contributed by atoms with E-state index in [0.29, 0.717) is 15.6 Å². The lowest BCUT2D eigenvalue weighted by Gasteiger charge is -2.25. The molecule has 1 fully saturated rings. The van der Waals surface area contributed by atoms with Gasteiger partial charge in [-0.2, -0.15) is 8.78 Å². The number of aromatic nitrogens is 2. The first kappa shape index (κ1) is 19.0. The third kappa shape index (κ3) is 2.93. The van der Waals surface area contributed by atoms with E-state index in [2.05, 4.69) is 10.3 Å². The van der Waals surface area contributed by atoms with Gasteiger partial charge in [0.25, 0.3) is 5.91 Å². The number of benzene rings is 2. The molecular weight excluding hydrogens is 385 g/mol. The van der Waals surface area contributed by atoms with Crippen LogP contribution in [0.2, 0.25) is 0 Å². The van der Waals surface area contributed by atoms with Gasteiger partial charge in [0.2, 0.25) is 0 Å². The first-order valence-electron chi connectivity index (χ1n) is 9.01. The summed E-state index contributed by atoms with van der Waals surface area (Å²) in [5.74, 6) is -1.17. The van der Waals surface area contributed by atoms with Crippen LogP contribution in [0, 0.1) is 5.82 Å². The number of nitrogens with zero attached hydrogens (tertiary/aromatic N) is 3. The van der Waals surface area contributed by atoms with E-state index in [0.717, 1.165) is 4.90 Å². The highest BCUT2D eigenvalue weighted by Gasteiger charge is 2.51. The second kappa shape index (κ2) is 6.91. The van der Waals surface area contributed by atoms with Crippen LogP contribution in [-0.2, 0) is 16.9 Å². The van der Waals surface area contributed by atoms with Gasteiger partial charge in [0, 0.05) is 0 Å². The number of amides is 3. The number of hydrogen-bond acceptors (Lipinski definition) is 3. The highest BCUT2D eigenvalue weighted by molar-refractivity contribution is 6.07. The standard InChI is InChI=1S/C20H17F3N4O2/c1-2-20(12-7-9-13(21)10-8-12)17(28)26(19(29)25-20)11-16-24-14-5-3-4-6-15(14)27(16)18(22)23/h3-10,18H,2,11H2,1H3,(H,25,29). The van der Waals surface area contributed by atoms with Crippen molar-refractivity contribution >= 4 is 23.0 Å². The van der Waals surface area contributed by atoms with Gasteiger partial charge in [-0.25, -0.2) is 14.2 Å². The number of para-hydroxylation sites is 2. The molecule has 9 heteroatoms. The molecule has 2 aromatic carbocycles. The van der Waals surface area contributed by atoms with Crippen LogP contribution in [0.3, 0.4) is 0 Å². The number of nitrogens with one attached hydrogen (secondary N) is 1. The first-order chi connectivity index (χ1) is 13.9. The van der Waals surface area contributed by atoms with Gasteiger partial charge in [-0.05, 0) is 36.2 Å². The Hall–Kier alpha value is -3.36. The summed E-state index contributed by atoms with van der Waals surface area (Å²) in [4.78, 5) is 30.8. The van der Waals surface area contributed by atoms with Crippen LogP contribution in [0.4, 0.5) is 18.0 Å². The molecule has 1 aromatic heterocycles. The number of imide groups is 1. The molecule has 1 saturated heterocycles. The topological polar surface area (TPSA) is 67.2 Å². The zero-order valence-corrected chi connectivity index (χ0v) is 15.4. The molecule has 1 unspecified atom stereocenters. The molecule has 0 saturated carbocycles. The largest absolute Gasteiger partial charge is 0.325 e. The fraction of sp³-hybridized carbons (Fsp3) is 0.250. The lowest BCUT2D eigenvalue weighted by Crippen LogP contribution is -2.43. The SMILES string of the molecule is CCC1(c2ccc(F)cc2)NC(=O)N(Cc2nc3ccccc3n2C(F)F)C1=O. The summed E-state index contributed by atoms with van der Waals surface area (Å²) in [5.41, 5.74) is -0.406. The summed E-state index contributed by atoms with van der Waals surface area (Å²) in [6.07, 6.45) is 0.213. The number of carbonyl (C=O) groups is 2. The normalized spacial score (nSPS) is 19.4. The molecule has 0 bridgehead atoms. The Bertz CT molecular complexity index is 1100. The predicted molar refractivity (Wildman–Crippen MR) is 98.4 cm³/mol. The highest BCUT2D eigenvalue weighted by atomic mass is 19.3. The molecule has 1 N–H and O–H groups in total. The van der Waals surface area contributed by atoms with Gasteiger partial charge in [-0.15, -0.1) is 0 Å². The number of carbonyl (C=O) groups excluding carboxylic acids is 2. The summed E-state index contributed by atoms with van der Waals surface area (Å²) >= 11 is 0. The average molecular weight is 402 g/mol. The quantitative estimate of drug-likeness (QED) is 0.658. The molecule has 0 aliphatic carbocycles. The number of urea groups is 1. The molecule has 1 aliphatic heterocycles. The predicted octanol–water partition coefficient (Wildman–Crippen LogP) is 3.93. The number of fused-ring (bicyclic) bond motifs is 1. The second-order valence-corrected chi connectivity index (χ2v) is 6.75. The lowest BCUT2D eigenvalue weighted by molar-refractivity contribution is -0.132. The number of imidazole rings is 1. The van der Waals surface area contributed by atoms with E-state index in [4.69, 9.17) is 0 Å². The Balaban J connectivity index is 1.73. The molecule has 3 amide bonds. The molecule has 3 aromatic rings. The zero-order valence-electron chi connectivity index (χ0n) is 15.4. The maximum atomic E-state index is 13.7. The van der Waals surface area contributed by atoms with E-state index in [1.165, 1.54) is 30.3 Å². The highest BCUT2D eigenvalue weighted by Crippen LogP contribution is 2.34. The van der Waals surface area contributed by atoms with Crippen LogP contribution in [0.25, 0.3) is 11.0 Å². The second-order valence-electron chi connectivity index (χ2n) is 6.75. The molecule has 6 nitrogen and oxygen atoms in total. The van der Waals surface area contributed by atoms with E-state index in [-0.39, 0.29) is 17.8 Å². The van der Waals surface area contributed by atoms with Crippen LogP contribution in [-0.4, -0.2) is 26.4 Å². The van der Waals surface area contributed by atoms with Crippen molar-refractivity contribution in [3.63, 3.8) is 0 Å². The lowest BCUT2D eigenvalue weighted by atomic mass is 9.87. The Morgan fingerprint density at radius 1 is 1.10 bits per heavy atom. The Morgan fingerprint density at radius 2 is 1.79 bits per heavy atom. The minimum absolute atomic E-state index is 0.101. The number of rotatable bonds is 5. The maximum absolute atomic E-state index is 13.7. The number of halogens is 3. The molecule has 0 radical (unpaired) electrons. The molecule has 1 atom stereocenters. The van der Waals surface area contributed by atoms with E-state index < -0.39 is 36.4 Å². The average Bonchev–Trinajstić information content (AvgIpc) is 3.19. The first-order valence-corrected chi connectivity index (χ1v) is 9.01. The summed E-state index contributed by atoms with van der Waals surface area (Å²) in [6, 6.07) is 10.9. The minimum atomic E-state index is -2.88. The third-order valence-electron chi connectivity index (χ3n) is 5.21. The summed E-state index contributed by atoms with van der Waals surface area (Å²) in [6.45, 7) is -1.59. The van der Waals surface area contributed by atoms with Gasteiger partial charge < -0.3 is 5.32 Å². The monoisotopic (exact) mass is 402 g/mol. The molecular formula is C20H17F3N4O2. The van der Waals surface area contributed by atoms with Gasteiger partial charge in [0.05, 0.1) is 17.6 Å². The molecule has 4 rings (SSSR count). The van der Waals surface area contributed by atoms with Crippen LogP contribution < -0.4 is 5.32 Å². The zero-order chi connectivity index (χ0) is 20.8. The van der Waals surface area contributed by atoms with Crippen molar-refractivity contribution in [1.82, 2.24) is 19.8 Å². The van der Waals surface area contributed by atoms with Crippen molar-refractivity contribution in [3.05, 3.63) is 65.7 Å². The van der Waals surface area contributed by atoms with Crippen LogP contribution >= 0.6 is 0 Å². The fourth-order valence-corrected chi connectivity index (χ4v) is 3.71. The molecule has 29 heavy (non-hydrogen) atoms. The smallest absolute Gasteiger partial charge is 0.319 e. The van der Waals surface area contributed by atoms with Crippen molar-refractivity contribution in [1.29, 1.82) is 0 Å². The van der Waals surface area contributed by atoms with Crippen LogP contribution in [0.15, 0.2) is 48.5 Å². The van der Waals surface area contributed by atoms with Crippen LogP contribution in [0.5, 0.6) is 0 Å². The number of hydrogen-bond donors (Lipinski definition) is 1. The Labute approximate surface area is 163 Å². The Morgan fingerprint density at radius 3 is 2.45 bits per heavy atom. The summed E-state index contributed by atoms with van der Waals surface area (Å²) in [5, 5.41) is 2.65. The van der Waals surface area contributed by atoms with E-state index in [1.807, 2.05) is 0 Å².